The number of nitrogens with one attached hydrogen (secondary N) is 1. The second-order valence-electron chi connectivity index (χ2n) is 5.91. The van der Waals surface area contributed by atoms with Gasteiger partial charge in [-0.15, -0.1) is 4.91 Å². The van der Waals surface area contributed by atoms with Gasteiger partial charge in [-0.1, -0.05) is 37.6 Å². The van der Waals surface area contributed by atoms with E-state index in [4.69, 9.17) is 11.6 Å². The zero-order valence-electron chi connectivity index (χ0n) is 11.9. The summed E-state index contributed by atoms with van der Waals surface area (Å²) >= 11 is 6.32. The summed E-state index contributed by atoms with van der Waals surface area (Å²) < 4.78 is 0. The Morgan fingerprint density at radius 3 is 2.65 bits per heavy atom. The third kappa shape index (κ3) is 2.24. The van der Waals surface area contributed by atoms with E-state index in [-0.39, 0.29) is 11.3 Å². The summed E-state index contributed by atoms with van der Waals surface area (Å²) in [6, 6.07) is 0. The molecule has 7 heteroatoms. The Morgan fingerprint density at radius 1 is 1.45 bits per heavy atom. The fourth-order valence-electron chi connectivity index (χ4n) is 2.39. The third-order valence-electron chi connectivity index (χ3n) is 3.58. The van der Waals surface area contributed by atoms with Gasteiger partial charge in [0.15, 0.2) is 5.54 Å². The zero-order valence-corrected chi connectivity index (χ0v) is 12.7. The highest BCUT2D eigenvalue weighted by Crippen LogP contribution is 2.38. The zero-order chi connectivity index (χ0) is 15.1. The number of amides is 1. The van der Waals surface area contributed by atoms with Gasteiger partial charge in [-0.05, 0) is 18.8 Å². The number of hydrogen-bond acceptors (Lipinski definition) is 4. The van der Waals surface area contributed by atoms with E-state index in [2.05, 4.69) is 29.7 Å². The first-order valence-corrected chi connectivity index (χ1v) is 6.65. The average Bonchev–Trinajstić information content (AvgIpc) is 2.54. The van der Waals surface area contributed by atoms with Crippen molar-refractivity contribution in [2.45, 2.75) is 32.7 Å². The van der Waals surface area contributed by atoms with E-state index >= 15 is 0 Å². The molecule has 0 aromatic rings. The molecule has 1 amide bonds. The minimum atomic E-state index is -1.28. The maximum Gasteiger partial charge on any atom is 0.275 e. The van der Waals surface area contributed by atoms with Gasteiger partial charge in [0, 0.05) is 17.7 Å². The predicted octanol–water partition coefficient (Wildman–Crippen LogP) is 2.32. The SMILES string of the molecule is CN1N=C(C2=CCC(C)(C)C=C2Cl)C(C)(NN=O)C1=O. The molecule has 0 fully saturated rings. The van der Waals surface area contributed by atoms with Crippen LogP contribution in [0.2, 0.25) is 0 Å². The van der Waals surface area contributed by atoms with Crippen LogP contribution in [0.4, 0.5) is 0 Å². The van der Waals surface area contributed by atoms with Crippen LogP contribution < -0.4 is 5.43 Å². The minimum absolute atomic E-state index is 0.0393. The van der Waals surface area contributed by atoms with Crippen molar-refractivity contribution in [3.05, 3.63) is 27.7 Å². The number of hydrogen-bond donors (Lipinski definition) is 1. The van der Waals surface area contributed by atoms with Gasteiger partial charge >= 0.3 is 0 Å². The van der Waals surface area contributed by atoms with Gasteiger partial charge in [0.05, 0.1) is 5.29 Å². The smallest absolute Gasteiger partial charge is 0.270 e. The van der Waals surface area contributed by atoms with Crippen molar-refractivity contribution in [3.8, 4) is 0 Å². The molecule has 6 nitrogen and oxygen atoms in total. The van der Waals surface area contributed by atoms with Gasteiger partial charge < -0.3 is 0 Å². The lowest BCUT2D eigenvalue weighted by Gasteiger charge is -2.28. The van der Waals surface area contributed by atoms with Gasteiger partial charge in [-0.2, -0.15) is 5.10 Å². The summed E-state index contributed by atoms with van der Waals surface area (Å²) in [5, 5.41) is 8.59. The second-order valence-corrected chi connectivity index (χ2v) is 6.32. The summed E-state index contributed by atoms with van der Waals surface area (Å²) in [5.74, 6) is -0.345. The normalized spacial score (nSPS) is 28.8. The van der Waals surface area contributed by atoms with Crippen molar-refractivity contribution in [3.63, 3.8) is 0 Å². The molecule has 2 aliphatic rings. The first-order chi connectivity index (χ1) is 9.21. The summed E-state index contributed by atoms with van der Waals surface area (Å²) in [5.41, 5.74) is 2.08. The minimum Gasteiger partial charge on any atom is -0.270 e. The predicted molar refractivity (Wildman–Crippen MR) is 78.0 cm³/mol. The monoisotopic (exact) mass is 296 g/mol. The van der Waals surface area contributed by atoms with Crippen LogP contribution in [-0.2, 0) is 4.79 Å². The highest BCUT2D eigenvalue weighted by Gasteiger charge is 2.49. The number of rotatable bonds is 3. The average molecular weight is 297 g/mol. The van der Waals surface area contributed by atoms with Crippen molar-refractivity contribution >= 4 is 23.2 Å². The van der Waals surface area contributed by atoms with Crippen LogP contribution >= 0.6 is 11.6 Å². The molecule has 0 aromatic carbocycles. The van der Waals surface area contributed by atoms with E-state index in [9.17, 15) is 9.70 Å². The molecule has 1 unspecified atom stereocenters. The topological polar surface area (TPSA) is 74.1 Å². The van der Waals surface area contributed by atoms with E-state index in [0.29, 0.717) is 16.3 Å². The van der Waals surface area contributed by atoms with Crippen LogP contribution in [0.25, 0.3) is 0 Å². The standard InChI is InChI=1S/C13H17ClN4O2/c1-12(2)6-5-8(9(14)7-12)10-13(3,16-17-20)11(19)18(4)15-10/h5,7H,6H2,1-4H3,(H,16,20). The Bertz CT molecular complexity index is 565. The molecule has 0 saturated heterocycles. The summed E-state index contributed by atoms with van der Waals surface area (Å²) in [7, 11) is 1.53. The molecule has 1 N–H and O–H groups in total. The van der Waals surface area contributed by atoms with Crippen LogP contribution in [0.3, 0.4) is 0 Å². The number of carbonyl (C=O) groups excluding carboxylic acids is 1. The van der Waals surface area contributed by atoms with Gasteiger partial charge in [-0.3, -0.25) is 10.2 Å². The molecule has 20 heavy (non-hydrogen) atoms. The number of nitroso groups, excluding NO2 is 1. The lowest BCUT2D eigenvalue weighted by Crippen LogP contribution is -2.53. The lowest BCUT2D eigenvalue weighted by molar-refractivity contribution is -0.132. The molecular formula is C13H17ClN4O2. The van der Waals surface area contributed by atoms with Crippen molar-refractivity contribution in [1.29, 1.82) is 0 Å². The molecule has 1 heterocycles. The van der Waals surface area contributed by atoms with E-state index in [1.54, 1.807) is 6.92 Å². The number of hydrazone groups is 1. The number of halogens is 1. The Hall–Kier alpha value is -1.69. The van der Waals surface area contributed by atoms with Crippen LogP contribution in [0.5, 0.6) is 0 Å². The fourth-order valence-corrected chi connectivity index (χ4v) is 2.85. The number of nitrogens with zero attached hydrogens (tertiary/aromatic N) is 3. The third-order valence-corrected chi connectivity index (χ3v) is 3.89. The summed E-state index contributed by atoms with van der Waals surface area (Å²) in [6.45, 7) is 5.71. The molecule has 0 spiro atoms. The maximum absolute atomic E-state index is 12.2. The molecule has 1 aliphatic heterocycles. The molecule has 108 valence electrons. The Kier molecular flexibility index (Phi) is 3.46. The molecule has 0 radical (unpaired) electrons. The number of allylic oxidation sites excluding steroid dienone is 3. The van der Waals surface area contributed by atoms with Crippen molar-refractivity contribution in [2.24, 2.45) is 15.8 Å². The fraction of sp³-hybridized carbons (Fsp3) is 0.538. The second kappa shape index (κ2) is 4.70. The highest BCUT2D eigenvalue weighted by atomic mass is 35.5. The first kappa shape index (κ1) is 14.7. The largest absolute Gasteiger partial charge is 0.275 e. The molecular weight excluding hydrogens is 280 g/mol. The summed E-state index contributed by atoms with van der Waals surface area (Å²) in [6.07, 6.45) is 4.66. The van der Waals surface area contributed by atoms with E-state index < -0.39 is 5.54 Å². The first-order valence-electron chi connectivity index (χ1n) is 6.27. The Labute approximate surface area is 122 Å². The van der Waals surface area contributed by atoms with Crippen molar-refractivity contribution in [2.75, 3.05) is 7.05 Å². The summed E-state index contributed by atoms with van der Waals surface area (Å²) in [4.78, 5) is 22.7. The van der Waals surface area contributed by atoms with Crippen LogP contribution in [0, 0.1) is 10.3 Å². The molecule has 0 saturated carbocycles. The van der Waals surface area contributed by atoms with E-state index in [1.165, 1.54) is 12.1 Å². The Morgan fingerprint density at radius 2 is 2.10 bits per heavy atom. The van der Waals surface area contributed by atoms with E-state index in [0.717, 1.165) is 6.42 Å². The lowest BCUT2D eigenvalue weighted by atomic mass is 9.80. The number of likely N-dealkylation sites (N-methyl/N-ethyl adjacent to an activating group) is 1. The highest BCUT2D eigenvalue weighted by molar-refractivity contribution is 6.38. The Balaban J connectivity index is 2.45. The number of carbonyl (C=O) groups is 1. The van der Waals surface area contributed by atoms with Gasteiger partial charge in [0.1, 0.15) is 5.71 Å². The van der Waals surface area contributed by atoms with Gasteiger partial charge in [0.2, 0.25) is 0 Å². The van der Waals surface area contributed by atoms with Crippen LogP contribution in [-0.4, -0.2) is 29.2 Å². The van der Waals surface area contributed by atoms with Gasteiger partial charge in [-0.25, -0.2) is 5.01 Å². The molecule has 1 atom stereocenters. The molecule has 0 aromatic heterocycles. The van der Waals surface area contributed by atoms with Crippen molar-refractivity contribution in [1.82, 2.24) is 10.4 Å². The van der Waals surface area contributed by atoms with E-state index in [1.807, 2.05) is 12.2 Å². The quantitative estimate of drug-likeness (QED) is 0.641. The van der Waals surface area contributed by atoms with Crippen LogP contribution in [0.1, 0.15) is 27.2 Å². The van der Waals surface area contributed by atoms with Crippen LogP contribution in [0.15, 0.2) is 33.1 Å². The molecule has 1 aliphatic carbocycles. The van der Waals surface area contributed by atoms with Gasteiger partial charge in [0.25, 0.3) is 5.91 Å². The van der Waals surface area contributed by atoms with Crippen molar-refractivity contribution < 1.29 is 4.79 Å². The molecule has 2 rings (SSSR count). The molecule has 0 bridgehead atoms. The maximum atomic E-state index is 12.2.